The number of hydrogen-bond acceptors (Lipinski definition) is 4. The first kappa shape index (κ1) is 16.8. The summed E-state index contributed by atoms with van der Waals surface area (Å²) in [4.78, 5) is 0. The van der Waals surface area contributed by atoms with Gasteiger partial charge in [-0.25, -0.2) is 0 Å². The highest BCUT2D eigenvalue weighted by atomic mass is 16.3. The molecule has 122 valence electrons. The molecule has 0 aliphatic heterocycles. The Hall–Kier alpha value is -3.54. The molecule has 6 nitrogen and oxygen atoms in total. The molecule has 0 amide bonds. The highest BCUT2D eigenvalue weighted by Crippen LogP contribution is 2.18. The summed E-state index contributed by atoms with van der Waals surface area (Å²) in [6, 6.07) is 13.8. The molecule has 2 rings (SSSR count). The zero-order valence-electron chi connectivity index (χ0n) is 12.9. The fourth-order valence-electron chi connectivity index (χ4n) is 1.84. The number of benzene rings is 2. The highest BCUT2D eigenvalue weighted by molar-refractivity contribution is 6.09. The average molecular weight is 322 g/mol. The van der Waals surface area contributed by atoms with E-state index in [9.17, 15) is 10.2 Å². The Morgan fingerprint density at radius 3 is 1.62 bits per heavy atom. The van der Waals surface area contributed by atoms with Crippen LogP contribution in [0.25, 0.3) is 12.2 Å². The molecular formula is C18H18N4O2. The van der Waals surface area contributed by atoms with Gasteiger partial charge in [0, 0.05) is 11.1 Å². The summed E-state index contributed by atoms with van der Waals surface area (Å²) in [5.74, 6) is 0.138. The van der Waals surface area contributed by atoms with Crippen LogP contribution in [-0.4, -0.2) is 21.9 Å². The van der Waals surface area contributed by atoms with Gasteiger partial charge in [0.05, 0.1) is 5.71 Å². The lowest BCUT2D eigenvalue weighted by Crippen LogP contribution is -2.22. The van der Waals surface area contributed by atoms with Crippen LogP contribution >= 0.6 is 0 Å². The van der Waals surface area contributed by atoms with Crippen LogP contribution < -0.4 is 11.5 Å². The highest BCUT2D eigenvalue weighted by Gasteiger charge is 1.97. The largest absolute Gasteiger partial charge is 0.507 e. The molecule has 0 radical (unpaired) electrons. The third kappa shape index (κ3) is 5.03. The summed E-state index contributed by atoms with van der Waals surface area (Å²) in [6.45, 7) is 0. The van der Waals surface area contributed by atoms with Crippen molar-refractivity contribution >= 4 is 23.8 Å². The van der Waals surface area contributed by atoms with E-state index in [4.69, 9.17) is 11.5 Å². The van der Waals surface area contributed by atoms with E-state index in [2.05, 4.69) is 10.2 Å². The number of hydrogen-bond donors (Lipinski definition) is 4. The number of aromatic hydroxyl groups is 2. The summed E-state index contributed by atoms with van der Waals surface area (Å²) in [5.41, 5.74) is 12.3. The van der Waals surface area contributed by atoms with E-state index in [1.807, 2.05) is 12.1 Å². The summed E-state index contributed by atoms with van der Waals surface area (Å²) >= 11 is 0. The molecule has 0 saturated carbocycles. The molecule has 24 heavy (non-hydrogen) atoms. The molecule has 0 heterocycles. The van der Waals surface area contributed by atoms with Gasteiger partial charge in [-0.15, -0.1) is 10.2 Å². The third-order valence-electron chi connectivity index (χ3n) is 3.02. The normalized spacial score (nSPS) is 11.9. The van der Waals surface area contributed by atoms with Gasteiger partial charge in [0.2, 0.25) is 5.96 Å². The second-order valence-corrected chi connectivity index (χ2v) is 4.83. The summed E-state index contributed by atoms with van der Waals surface area (Å²) in [6.07, 6.45) is 6.67. The number of para-hydroxylation sites is 2. The predicted molar refractivity (Wildman–Crippen MR) is 97.5 cm³/mol. The Kier molecular flexibility index (Phi) is 5.74. The first-order chi connectivity index (χ1) is 11.6. The van der Waals surface area contributed by atoms with Crippen molar-refractivity contribution in [3.8, 4) is 11.5 Å². The Balaban J connectivity index is 2.29. The fourth-order valence-corrected chi connectivity index (χ4v) is 1.84. The van der Waals surface area contributed by atoms with E-state index >= 15 is 0 Å². The van der Waals surface area contributed by atoms with Crippen molar-refractivity contribution in [2.24, 2.45) is 21.7 Å². The minimum absolute atomic E-state index is 0.152. The number of phenols is 2. The minimum atomic E-state index is -0.167. The van der Waals surface area contributed by atoms with Crippen molar-refractivity contribution in [1.82, 2.24) is 0 Å². The van der Waals surface area contributed by atoms with Gasteiger partial charge < -0.3 is 21.7 Å². The van der Waals surface area contributed by atoms with Gasteiger partial charge >= 0.3 is 0 Å². The van der Waals surface area contributed by atoms with Gasteiger partial charge in [-0.1, -0.05) is 36.4 Å². The molecule has 0 fully saturated rings. The topological polar surface area (TPSA) is 117 Å². The van der Waals surface area contributed by atoms with Gasteiger partial charge in [0.1, 0.15) is 11.5 Å². The predicted octanol–water partition coefficient (Wildman–Crippen LogP) is 2.45. The zero-order chi connectivity index (χ0) is 17.4. The molecule has 2 aromatic rings. The average Bonchev–Trinajstić information content (AvgIpc) is 2.56. The van der Waals surface area contributed by atoms with E-state index in [-0.39, 0.29) is 17.5 Å². The van der Waals surface area contributed by atoms with Crippen molar-refractivity contribution in [3.05, 3.63) is 71.8 Å². The number of nitrogens with two attached hydrogens (primary N) is 2. The Morgan fingerprint density at radius 2 is 1.21 bits per heavy atom. The SMILES string of the molecule is NC(N)=NN=C(C=Cc1ccccc1O)/C=C/c1ccccc1O. The number of rotatable bonds is 5. The number of allylic oxidation sites excluding steroid dienone is 2. The van der Waals surface area contributed by atoms with Crippen LogP contribution in [-0.2, 0) is 0 Å². The molecule has 0 atom stereocenters. The molecule has 0 unspecified atom stereocenters. The molecule has 0 aliphatic rings. The molecule has 0 bridgehead atoms. The maximum absolute atomic E-state index is 9.78. The van der Waals surface area contributed by atoms with Crippen molar-refractivity contribution in [1.29, 1.82) is 0 Å². The van der Waals surface area contributed by atoms with Crippen LogP contribution in [0.1, 0.15) is 11.1 Å². The fraction of sp³-hybridized carbons (Fsp3) is 0. The lowest BCUT2D eigenvalue weighted by atomic mass is 10.1. The second kappa shape index (κ2) is 8.19. The second-order valence-electron chi connectivity index (χ2n) is 4.83. The number of phenolic OH excluding ortho intramolecular Hbond substituents is 2. The van der Waals surface area contributed by atoms with Gasteiger partial charge in [-0.05, 0) is 36.4 Å². The van der Waals surface area contributed by atoms with Crippen molar-refractivity contribution in [2.75, 3.05) is 0 Å². The van der Waals surface area contributed by atoms with E-state index in [0.29, 0.717) is 16.8 Å². The Morgan fingerprint density at radius 1 is 0.750 bits per heavy atom. The molecule has 6 N–H and O–H groups in total. The Bertz CT molecular complexity index is 762. The quantitative estimate of drug-likeness (QED) is 0.384. The van der Waals surface area contributed by atoms with Crippen LogP contribution in [0, 0.1) is 0 Å². The van der Waals surface area contributed by atoms with E-state index in [1.165, 1.54) is 0 Å². The summed E-state index contributed by atoms with van der Waals surface area (Å²) in [5, 5.41) is 27.1. The smallest absolute Gasteiger partial charge is 0.211 e. The third-order valence-corrected chi connectivity index (χ3v) is 3.02. The molecule has 6 heteroatoms. The molecule has 0 spiro atoms. The van der Waals surface area contributed by atoms with E-state index < -0.39 is 0 Å². The van der Waals surface area contributed by atoms with Gasteiger partial charge in [0.15, 0.2) is 0 Å². The van der Waals surface area contributed by atoms with E-state index in [0.717, 1.165) is 0 Å². The molecule has 0 aromatic heterocycles. The molecule has 0 saturated heterocycles. The summed E-state index contributed by atoms with van der Waals surface area (Å²) in [7, 11) is 0. The molecular weight excluding hydrogens is 304 g/mol. The lowest BCUT2D eigenvalue weighted by molar-refractivity contribution is 0.473. The van der Waals surface area contributed by atoms with Gasteiger partial charge in [0.25, 0.3) is 0 Å². The van der Waals surface area contributed by atoms with Gasteiger partial charge in [-0.2, -0.15) is 0 Å². The maximum atomic E-state index is 9.78. The molecule has 0 aliphatic carbocycles. The van der Waals surface area contributed by atoms with Crippen LogP contribution in [0.15, 0.2) is 70.9 Å². The maximum Gasteiger partial charge on any atom is 0.211 e. The first-order valence-electron chi connectivity index (χ1n) is 7.15. The monoisotopic (exact) mass is 322 g/mol. The number of nitrogens with zero attached hydrogens (tertiary/aromatic N) is 2. The van der Waals surface area contributed by atoms with Crippen molar-refractivity contribution in [2.45, 2.75) is 0 Å². The van der Waals surface area contributed by atoms with E-state index in [1.54, 1.807) is 60.7 Å². The van der Waals surface area contributed by atoms with Crippen LogP contribution in [0.3, 0.4) is 0 Å². The lowest BCUT2D eigenvalue weighted by Gasteiger charge is -1.99. The summed E-state index contributed by atoms with van der Waals surface area (Å²) < 4.78 is 0. The Labute approximate surface area is 139 Å². The van der Waals surface area contributed by atoms with Crippen LogP contribution in [0.4, 0.5) is 0 Å². The van der Waals surface area contributed by atoms with Crippen LogP contribution in [0.2, 0.25) is 0 Å². The molecule has 2 aromatic carbocycles. The van der Waals surface area contributed by atoms with Crippen molar-refractivity contribution < 1.29 is 10.2 Å². The van der Waals surface area contributed by atoms with Crippen LogP contribution in [0.5, 0.6) is 11.5 Å². The van der Waals surface area contributed by atoms with Gasteiger partial charge in [-0.3, -0.25) is 0 Å². The number of guanidine groups is 1. The zero-order valence-corrected chi connectivity index (χ0v) is 12.9. The first-order valence-corrected chi connectivity index (χ1v) is 7.15. The minimum Gasteiger partial charge on any atom is -0.507 e. The van der Waals surface area contributed by atoms with Crippen molar-refractivity contribution in [3.63, 3.8) is 0 Å². The standard InChI is InChI=1S/C18H18N4O2/c19-18(20)22-21-15(11-9-13-5-1-3-7-16(13)23)12-10-14-6-2-4-8-17(14)24/h1-12,23-24H,(H4,19,20,22)/b11-9+,12-10?,21-15?.